The van der Waals surface area contributed by atoms with Gasteiger partial charge in [-0.1, -0.05) is 23.4 Å². The molecule has 0 unspecified atom stereocenters. The summed E-state index contributed by atoms with van der Waals surface area (Å²) in [6.45, 7) is 0.129. The number of imidazole rings is 1. The topological polar surface area (TPSA) is 90.5 Å². The first kappa shape index (κ1) is 20.3. The number of carbonyl (C=O) groups is 1. The fraction of sp³-hybridized carbons (Fsp3) is 0.0417. The Labute approximate surface area is 188 Å². The molecule has 0 spiro atoms. The first-order valence-electron chi connectivity index (χ1n) is 10.2. The lowest BCUT2D eigenvalue weighted by Gasteiger charge is -2.10. The minimum Gasteiger partial charge on any atom is -0.321 e. The number of hydrogen-bond acceptors (Lipinski definition) is 5. The number of rotatable bonds is 6. The molecule has 9 heteroatoms. The number of aromatic nitrogens is 6. The van der Waals surface area contributed by atoms with Gasteiger partial charge in [0, 0.05) is 47.3 Å². The fourth-order valence-corrected chi connectivity index (χ4v) is 3.48. The van der Waals surface area contributed by atoms with Crippen LogP contribution in [0.2, 0.25) is 0 Å². The van der Waals surface area contributed by atoms with Crippen molar-refractivity contribution in [3.05, 3.63) is 109 Å². The first-order chi connectivity index (χ1) is 16.2. The highest BCUT2D eigenvalue weighted by atomic mass is 19.1. The lowest BCUT2D eigenvalue weighted by molar-refractivity contribution is 0.102. The summed E-state index contributed by atoms with van der Waals surface area (Å²) in [7, 11) is 0. The fourth-order valence-electron chi connectivity index (χ4n) is 3.48. The van der Waals surface area contributed by atoms with Gasteiger partial charge in [0.1, 0.15) is 11.5 Å². The van der Waals surface area contributed by atoms with E-state index in [2.05, 4.69) is 25.6 Å². The van der Waals surface area contributed by atoms with Crippen LogP contribution in [0.4, 0.5) is 10.1 Å². The summed E-state index contributed by atoms with van der Waals surface area (Å²) in [6.07, 6.45) is 8.46. The summed E-state index contributed by atoms with van der Waals surface area (Å²) in [4.78, 5) is 21.2. The van der Waals surface area contributed by atoms with Gasteiger partial charge in [-0.2, -0.15) is 0 Å². The Morgan fingerprint density at radius 2 is 1.73 bits per heavy atom. The highest BCUT2D eigenvalue weighted by Gasteiger charge is 2.22. The van der Waals surface area contributed by atoms with E-state index >= 15 is 0 Å². The van der Waals surface area contributed by atoms with E-state index in [9.17, 15) is 9.18 Å². The number of hydrogen-bond donors (Lipinski definition) is 1. The molecule has 3 aromatic heterocycles. The van der Waals surface area contributed by atoms with E-state index in [4.69, 9.17) is 0 Å². The molecular formula is C24H18FN7O. The molecule has 0 bridgehead atoms. The van der Waals surface area contributed by atoms with Crippen LogP contribution in [-0.2, 0) is 6.54 Å². The van der Waals surface area contributed by atoms with Crippen LogP contribution in [0.25, 0.3) is 16.9 Å². The second kappa shape index (κ2) is 8.83. The molecule has 0 aliphatic carbocycles. The van der Waals surface area contributed by atoms with Crippen molar-refractivity contribution in [3.63, 3.8) is 0 Å². The standard InChI is InChI=1S/C24H18FN7O/c25-21-4-2-1-3-18(21)15-32-23(17-9-11-26-12-10-17)22(29-30-32)24(33)28-19-5-7-20(8-6-19)31-14-13-27-16-31/h1-14,16H,15H2,(H,28,33). The minimum atomic E-state index is -0.419. The summed E-state index contributed by atoms with van der Waals surface area (Å²) in [5.41, 5.74) is 3.28. The van der Waals surface area contributed by atoms with Crippen molar-refractivity contribution in [2.75, 3.05) is 5.32 Å². The highest BCUT2D eigenvalue weighted by molar-refractivity contribution is 6.06. The van der Waals surface area contributed by atoms with E-state index in [-0.39, 0.29) is 18.1 Å². The number of carbonyl (C=O) groups excluding carboxylic acids is 1. The van der Waals surface area contributed by atoms with E-state index in [1.54, 1.807) is 67.4 Å². The summed E-state index contributed by atoms with van der Waals surface area (Å²) in [6, 6.07) is 17.3. The van der Waals surface area contributed by atoms with E-state index in [1.807, 2.05) is 22.9 Å². The molecule has 5 aromatic rings. The molecular weight excluding hydrogens is 421 g/mol. The Hall–Kier alpha value is -4.66. The van der Waals surface area contributed by atoms with Crippen LogP contribution >= 0.6 is 0 Å². The normalized spacial score (nSPS) is 10.8. The second-order valence-electron chi connectivity index (χ2n) is 7.24. The molecule has 0 saturated carbocycles. The molecule has 0 radical (unpaired) electrons. The number of pyridine rings is 1. The average Bonchev–Trinajstić information content (AvgIpc) is 3.52. The van der Waals surface area contributed by atoms with E-state index in [0.717, 1.165) is 5.69 Å². The molecule has 162 valence electrons. The number of amides is 1. The molecule has 0 aliphatic heterocycles. The van der Waals surface area contributed by atoms with E-state index < -0.39 is 5.91 Å². The van der Waals surface area contributed by atoms with E-state index in [1.165, 1.54) is 10.7 Å². The molecule has 2 aromatic carbocycles. The van der Waals surface area contributed by atoms with Crippen LogP contribution < -0.4 is 5.32 Å². The van der Waals surface area contributed by atoms with Gasteiger partial charge in [0.2, 0.25) is 0 Å². The smallest absolute Gasteiger partial charge is 0.278 e. The van der Waals surface area contributed by atoms with Crippen LogP contribution in [0.5, 0.6) is 0 Å². The van der Waals surface area contributed by atoms with Crippen molar-refractivity contribution in [2.24, 2.45) is 0 Å². The highest BCUT2D eigenvalue weighted by Crippen LogP contribution is 2.24. The summed E-state index contributed by atoms with van der Waals surface area (Å²) < 4.78 is 17.6. The van der Waals surface area contributed by atoms with Crippen molar-refractivity contribution < 1.29 is 9.18 Å². The van der Waals surface area contributed by atoms with Crippen LogP contribution in [0.1, 0.15) is 16.1 Å². The van der Waals surface area contributed by atoms with Crippen molar-refractivity contribution >= 4 is 11.6 Å². The van der Waals surface area contributed by atoms with Gasteiger partial charge in [0.15, 0.2) is 5.69 Å². The summed E-state index contributed by atoms with van der Waals surface area (Å²) in [5, 5.41) is 11.1. The number of nitrogens with one attached hydrogen (secondary N) is 1. The van der Waals surface area contributed by atoms with Gasteiger partial charge in [0.25, 0.3) is 5.91 Å². The Bertz CT molecular complexity index is 1380. The molecule has 8 nitrogen and oxygen atoms in total. The Morgan fingerprint density at radius 3 is 2.45 bits per heavy atom. The van der Waals surface area contributed by atoms with Crippen molar-refractivity contribution in [3.8, 4) is 16.9 Å². The van der Waals surface area contributed by atoms with Crippen LogP contribution in [-0.4, -0.2) is 35.4 Å². The van der Waals surface area contributed by atoms with Gasteiger partial charge in [-0.05, 0) is 42.5 Å². The number of halogens is 1. The maximum atomic E-state index is 14.2. The van der Waals surface area contributed by atoms with Gasteiger partial charge in [-0.25, -0.2) is 14.1 Å². The third kappa shape index (κ3) is 4.24. The quantitative estimate of drug-likeness (QED) is 0.432. The zero-order valence-electron chi connectivity index (χ0n) is 17.3. The zero-order valence-corrected chi connectivity index (χ0v) is 17.3. The maximum absolute atomic E-state index is 14.2. The Morgan fingerprint density at radius 1 is 0.939 bits per heavy atom. The number of anilines is 1. The molecule has 33 heavy (non-hydrogen) atoms. The summed E-state index contributed by atoms with van der Waals surface area (Å²) >= 11 is 0. The van der Waals surface area contributed by atoms with Crippen LogP contribution in [0, 0.1) is 5.82 Å². The number of benzene rings is 2. The monoisotopic (exact) mass is 439 g/mol. The first-order valence-corrected chi connectivity index (χ1v) is 10.2. The Balaban J connectivity index is 1.45. The van der Waals surface area contributed by atoms with Gasteiger partial charge >= 0.3 is 0 Å². The summed E-state index contributed by atoms with van der Waals surface area (Å²) in [5.74, 6) is -0.769. The molecule has 0 aliphatic rings. The van der Waals surface area contributed by atoms with Crippen molar-refractivity contribution in [2.45, 2.75) is 6.54 Å². The zero-order chi connectivity index (χ0) is 22.6. The minimum absolute atomic E-state index is 0.129. The molecule has 1 amide bonds. The van der Waals surface area contributed by atoms with Gasteiger partial charge in [-0.3, -0.25) is 9.78 Å². The molecule has 0 saturated heterocycles. The van der Waals surface area contributed by atoms with Crippen molar-refractivity contribution in [1.82, 2.24) is 29.5 Å². The third-order valence-corrected chi connectivity index (χ3v) is 5.11. The maximum Gasteiger partial charge on any atom is 0.278 e. The molecule has 3 heterocycles. The predicted octanol–water partition coefficient (Wildman–Crippen LogP) is 3.97. The van der Waals surface area contributed by atoms with Gasteiger partial charge in [0.05, 0.1) is 12.9 Å². The average molecular weight is 439 g/mol. The van der Waals surface area contributed by atoms with Crippen LogP contribution in [0.3, 0.4) is 0 Å². The predicted molar refractivity (Wildman–Crippen MR) is 120 cm³/mol. The van der Waals surface area contributed by atoms with Gasteiger partial charge < -0.3 is 9.88 Å². The Kier molecular flexibility index (Phi) is 5.42. The SMILES string of the molecule is O=C(Nc1ccc(-n2ccnc2)cc1)c1nnn(Cc2ccccc2F)c1-c1ccncc1. The molecule has 0 atom stereocenters. The lowest BCUT2D eigenvalue weighted by atomic mass is 10.1. The second-order valence-corrected chi connectivity index (χ2v) is 7.24. The lowest BCUT2D eigenvalue weighted by Crippen LogP contribution is -2.14. The van der Waals surface area contributed by atoms with E-state index in [0.29, 0.717) is 22.5 Å². The largest absolute Gasteiger partial charge is 0.321 e. The van der Waals surface area contributed by atoms with Crippen LogP contribution in [0.15, 0.2) is 91.8 Å². The van der Waals surface area contributed by atoms with Crippen molar-refractivity contribution in [1.29, 1.82) is 0 Å². The molecule has 1 N–H and O–H groups in total. The third-order valence-electron chi connectivity index (χ3n) is 5.11. The molecule has 0 fully saturated rings. The molecule has 5 rings (SSSR count). The van der Waals surface area contributed by atoms with Gasteiger partial charge in [-0.15, -0.1) is 5.10 Å². The number of nitrogens with zero attached hydrogens (tertiary/aromatic N) is 6.